The van der Waals surface area contributed by atoms with Gasteiger partial charge in [-0.1, -0.05) is 19.3 Å². The molecule has 0 spiro atoms. The lowest BCUT2D eigenvalue weighted by molar-refractivity contribution is 0.214. The fourth-order valence-electron chi connectivity index (χ4n) is 3.47. The van der Waals surface area contributed by atoms with Gasteiger partial charge < -0.3 is 15.5 Å². The fraction of sp³-hybridized carbons (Fsp3) is 0.941. The van der Waals surface area contributed by atoms with Crippen LogP contribution in [0.25, 0.3) is 0 Å². The summed E-state index contributed by atoms with van der Waals surface area (Å²) in [5.41, 5.74) is 0. The standard InChI is InChI=1S/C17H34N4.HI/c1-3-18-17(20-16-7-5-4-6-8-16)19-12-9-15-10-13-21(2)14-11-15;/h15-16H,3-14H2,1-2H3,(H2,18,19,20);1H. The lowest BCUT2D eigenvalue weighted by Crippen LogP contribution is -2.44. The van der Waals surface area contributed by atoms with Crippen molar-refractivity contribution in [3.05, 3.63) is 0 Å². The average Bonchev–Trinajstić information content (AvgIpc) is 2.50. The maximum Gasteiger partial charge on any atom is 0.191 e. The van der Waals surface area contributed by atoms with Crippen molar-refractivity contribution in [3.8, 4) is 0 Å². The Hall–Kier alpha value is -0.0400. The molecule has 0 bridgehead atoms. The van der Waals surface area contributed by atoms with Crippen molar-refractivity contribution < 1.29 is 0 Å². The summed E-state index contributed by atoms with van der Waals surface area (Å²) in [6, 6.07) is 0.639. The Balaban J connectivity index is 0.00000242. The number of likely N-dealkylation sites (tertiary alicyclic amines) is 1. The predicted molar refractivity (Wildman–Crippen MR) is 106 cm³/mol. The monoisotopic (exact) mass is 422 g/mol. The van der Waals surface area contributed by atoms with Crippen LogP contribution in [0.15, 0.2) is 4.99 Å². The molecular weight excluding hydrogens is 387 g/mol. The molecule has 0 atom stereocenters. The molecule has 0 radical (unpaired) electrons. The summed E-state index contributed by atoms with van der Waals surface area (Å²) >= 11 is 0. The maximum absolute atomic E-state index is 4.80. The van der Waals surface area contributed by atoms with E-state index < -0.39 is 0 Å². The van der Waals surface area contributed by atoms with E-state index >= 15 is 0 Å². The first kappa shape index (κ1) is 20.0. The van der Waals surface area contributed by atoms with Crippen LogP contribution in [0, 0.1) is 5.92 Å². The van der Waals surface area contributed by atoms with Gasteiger partial charge in [0.2, 0.25) is 0 Å². The molecule has 2 rings (SSSR count). The molecule has 5 heteroatoms. The van der Waals surface area contributed by atoms with Crippen molar-refractivity contribution in [3.63, 3.8) is 0 Å². The number of nitrogens with one attached hydrogen (secondary N) is 2. The third kappa shape index (κ3) is 7.49. The molecule has 1 heterocycles. The van der Waals surface area contributed by atoms with Crippen molar-refractivity contribution >= 4 is 29.9 Å². The smallest absolute Gasteiger partial charge is 0.191 e. The Labute approximate surface area is 153 Å². The molecule has 1 aliphatic heterocycles. The summed E-state index contributed by atoms with van der Waals surface area (Å²) in [5.74, 6) is 1.92. The van der Waals surface area contributed by atoms with Gasteiger partial charge in [0.05, 0.1) is 0 Å². The van der Waals surface area contributed by atoms with E-state index in [0.29, 0.717) is 6.04 Å². The van der Waals surface area contributed by atoms with Crippen LogP contribution in [-0.2, 0) is 0 Å². The predicted octanol–water partition coefficient (Wildman–Crippen LogP) is 3.22. The minimum absolute atomic E-state index is 0. The first-order valence-corrected chi connectivity index (χ1v) is 9.01. The van der Waals surface area contributed by atoms with E-state index in [9.17, 15) is 0 Å². The Morgan fingerprint density at radius 1 is 1.09 bits per heavy atom. The van der Waals surface area contributed by atoms with Crippen molar-refractivity contribution in [1.82, 2.24) is 15.5 Å². The number of nitrogens with zero attached hydrogens (tertiary/aromatic N) is 2. The van der Waals surface area contributed by atoms with Gasteiger partial charge in [-0.25, -0.2) is 0 Å². The largest absolute Gasteiger partial charge is 0.357 e. The van der Waals surface area contributed by atoms with Crippen LogP contribution in [0.1, 0.15) is 58.3 Å². The minimum atomic E-state index is 0. The third-order valence-electron chi connectivity index (χ3n) is 4.94. The van der Waals surface area contributed by atoms with Crippen LogP contribution in [0.3, 0.4) is 0 Å². The second kappa shape index (κ2) is 11.5. The summed E-state index contributed by atoms with van der Waals surface area (Å²) < 4.78 is 0. The van der Waals surface area contributed by atoms with E-state index in [-0.39, 0.29) is 24.0 Å². The van der Waals surface area contributed by atoms with Gasteiger partial charge in [0, 0.05) is 19.1 Å². The van der Waals surface area contributed by atoms with Gasteiger partial charge >= 0.3 is 0 Å². The second-order valence-electron chi connectivity index (χ2n) is 6.78. The molecule has 2 N–H and O–H groups in total. The van der Waals surface area contributed by atoms with Gasteiger partial charge in [0.15, 0.2) is 5.96 Å². The van der Waals surface area contributed by atoms with Crippen LogP contribution in [-0.4, -0.2) is 50.1 Å². The number of halogens is 1. The van der Waals surface area contributed by atoms with E-state index in [1.54, 1.807) is 0 Å². The summed E-state index contributed by atoms with van der Waals surface area (Å²) in [6.45, 7) is 6.59. The summed E-state index contributed by atoms with van der Waals surface area (Å²) in [7, 11) is 2.23. The van der Waals surface area contributed by atoms with Crippen LogP contribution in [0.5, 0.6) is 0 Å². The van der Waals surface area contributed by atoms with E-state index in [1.165, 1.54) is 64.5 Å². The van der Waals surface area contributed by atoms with Crippen LogP contribution < -0.4 is 10.6 Å². The lowest BCUT2D eigenvalue weighted by atomic mass is 9.94. The highest BCUT2D eigenvalue weighted by Crippen LogP contribution is 2.19. The topological polar surface area (TPSA) is 39.7 Å². The molecule has 1 saturated carbocycles. The zero-order valence-corrected chi connectivity index (χ0v) is 16.8. The summed E-state index contributed by atoms with van der Waals surface area (Å²) in [4.78, 5) is 7.24. The number of aliphatic imine (C=N–C) groups is 1. The van der Waals surface area contributed by atoms with Gasteiger partial charge in [-0.15, -0.1) is 24.0 Å². The van der Waals surface area contributed by atoms with Gasteiger partial charge in [0.25, 0.3) is 0 Å². The molecule has 22 heavy (non-hydrogen) atoms. The van der Waals surface area contributed by atoms with Crippen LogP contribution >= 0.6 is 24.0 Å². The Bertz CT molecular complexity index is 308. The number of guanidine groups is 1. The fourth-order valence-corrected chi connectivity index (χ4v) is 3.47. The van der Waals surface area contributed by atoms with E-state index in [0.717, 1.165) is 25.0 Å². The number of hydrogen-bond donors (Lipinski definition) is 2. The number of hydrogen-bond acceptors (Lipinski definition) is 2. The molecule has 4 nitrogen and oxygen atoms in total. The van der Waals surface area contributed by atoms with Gasteiger partial charge in [-0.2, -0.15) is 0 Å². The van der Waals surface area contributed by atoms with Crippen LogP contribution in [0.2, 0.25) is 0 Å². The molecule has 0 aromatic carbocycles. The Kier molecular flexibility index (Phi) is 10.4. The van der Waals surface area contributed by atoms with E-state index in [1.807, 2.05) is 0 Å². The summed E-state index contributed by atoms with van der Waals surface area (Å²) in [6.07, 6.45) is 10.7. The molecular formula is C17H35IN4. The molecule has 130 valence electrons. The van der Waals surface area contributed by atoms with Gasteiger partial charge in [-0.3, -0.25) is 4.99 Å². The van der Waals surface area contributed by atoms with Crippen molar-refractivity contribution in [2.45, 2.75) is 64.3 Å². The molecule has 2 aliphatic rings. The highest BCUT2D eigenvalue weighted by Gasteiger charge is 2.17. The highest BCUT2D eigenvalue weighted by atomic mass is 127. The quantitative estimate of drug-likeness (QED) is 0.406. The molecule has 0 amide bonds. The highest BCUT2D eigenvalue weighted by molar-refractivity contribution is 14.0. The Morgan fingerprint density at radius 3 is 2.41 bits per heavy atom. The molecule has 1 saturated heterocycles. The van der Waals surface area contributed by atoms with Crippen molar-refractivity contribution in [2.24, 2.45) is 10.9 Å². The molecule has 0 unspecified atom stereocenters. The molecule has 0 aromatic rings. The number of rotatable bonds is 5. The van der Waals surface area contributed by atoms with Gasteiger partial charge in [-0.05, 0) is 65.1 Å². The first-order valence-electron chi connectivity index (χ1n) is 9.01. The van der Waals surface area contributed by atoms with Crippen molar-refractivity contribution in [1.29, 1.82) is 0 Å². The second-order valence-corrected chi connectivity index (χ2v) is 6.78. The zero-order chi connectivity index (χ0) is 14.9. The van der Waals surface area contributed by atoms with E-state index in [2.05, 4.69) is 29.5 Å². The average molecular weight is 422 g/mol. The molecule has 1 aliphatic carbocycles. The minimum Gasteiger partial charge on any atom is -0.357 e. The normalized spacial score (nSPS) is 22.2. The summed E-state index contributed by atoms with van der Waals surface area (Å²) in [5, 5.41) is 7.04. The number of piperidine rings is 1. The maximum atomic E-state index is 4.80. The van der Waals surface area contributed by atoms with E-state index in [4.69, 9.17) is 4.99 Å². The Morgan fingerprint density at radius 2 is 1.77 bits per heavy atom. The molecule has 0 aromatic heterocycles. The zero-order valence-electron chi connectivity index (χ0n) is 14.4. The SMILES string of the molecule is CCNC(=NCCC1CCN(C)CC1)NC1CCCCC1.I. The lowest BCUT2D eigenvalue weighted by Gasteiger charge is -2.28. The van der Waals surface area contributed by atoms with Crippen LogP contribution in [0.4, 0.5) is 0 Å². The third-order valence-corrected chi connectivity index (χ3v) is 4.94. The van der Waals surface area contributed by atoms with Gasteiger partial charge in [0.1, 0.15) is 0 Å². The first-order chi connectivity index (χ1) is 10.3. The molecule has 2 fully saturated rings. The van der Waals surface area contributed by atoms with Crippen molar-refractivity contribution in [2.75, 3.05) is 33.2 Å².